The number of amides is 1. The van der Waals surface area contributed by atoms with E-state index in [4.69, 9.17) is 5.11 Å². The predicted octanol–water partition coefficient (Wildman–Crippen LogP) is 2.88. The van der Waals surface area contributed by atoms with Crippen molar-refractivity contribution in [3.05, 3.63) is 70.7 Å². The van der Waals surface area contributed by atoms with Crippen molar-refractivity contribution in [3.8, 4) is 5.69 Å². The molecule has 2 aromatic heterocycles. The number of thiophene rings is 1. The summed E-state index contributed by atoms with van der Waals surface area (Å²) in [5.74, 6) is -1.26. The summed E-state index contributed by atoms with van der Waals surface area (Å²) in [6.07, 6.45) is 3.34. The van der Waals surface area contributed by atoms with Crippen LogP contribution >= 0.6 is 11.3 Å². The molecule has 7 heteroatoms. The SMILES string of the molecule is O=C(O)C[C@@H](NC(=O)c1ccc(-n2cccn2)cc1)c1cccs1. The van der Waals surface area contributed by atoms with Crippen LogP contribution in [0.5, 0.6) is 0 Å². The molecule has 0 aliphatic rings. The van der Waals surface area contributed by atoms with E-state index in [1.54, 1.807) is 35.1 Å². The van der Waals surface area contributed by atoms with Gasteiger partial charge in [-0.3, -0.25) is 9.59 Å². The minimum atomic E-state index is -0.956. The summed E-state index contributed by atoms with van der Waals surface area (Å²) in [5.41, 5.74) is 1.31. The quantitative estimate of drug-likeness (QED) is 0.722. The largest absolute Gasteiger partial charge is 0.481 e. The zero-order valence-electron chi connectivity index (χ0n) is 12.6. The van der Waals surface area contributed by atoms with Crippen LogP contribution in [0.2, 0.25) is 0 Å². The summed E-state index contributed by atoms with van der Waals surface area (Å²) in [6.45, 7) is 0. The van der Waals surface area contributed by atoms with Gasteiger partial charge in [-0.2, -0.15) is 5.10 Å². The number of carboxylic acid groups (broad SMARTS) is 1. The number of aromatic nitrogens is 2. The van der Waals surface area contributed by atoms with Gasteiger partial charge in [-0.25, -0.2) is 4.68 Å². The maximum Gasteiger partial charge on any atom is 0.305 e. The zero-order chi connectivity index (χ0) is 16.9. The standard InChI is InChI=1S/C17H15N3O3S/c21-16(22)11-14(15-3-1-10-24-15)19-17(23)12-4-6-13(7-5-12)20-9-2-8-18-20/h1-10,14H,11H2,(H,19,23)(H,21,22)/t14-/m1/s1. The average Bonchev–Trinajstić information content (AvgIpc) is 3.27. The Hall–Kier alpha value is -2.93. The van der Waals surface area contributed by atoms with Gasteiger partial charge >= 0.3 is 5.97 Å². The zero-order valence-corrected chi connectivity index (χ0v) is 13.4. The number of carbonyl (C=O) groups excluding carboxylic acids is 1. The number of hydrogen-bond acceptors (Lipinski definition) is 4. The van der Waals surface area contributed by atoms with Gasteiger partial charge in [0, 0.05) is 22.8 Å². The molecular formula is C17H15N3O3S. The van der Waals surface area contributed by atoms with Gasteiger partial charge in [0.15, 0.2) is 0 Å². The van der Waals surface area contributed by atoms with Crippen LogP contribution in [-0.4, -0.2) is 26.8 Å². The van der Waals surface area contributed by atoms with Gasteiger partial charge in [0.1, 0.15) is 0 Å². The van der Waals surface area contributed by atoms with Crippen molar-refractivity contribution >= 4 is 23.2 Å². The molecule has 3 aromatic rings. The van der Waals surface area contributed by atoms with Gasteiger partial charge < -0.3 is 10.4 Å². The van der Waals surface area contributed by atoms with E-state index >= 15 is 0 Å². The molecule has 2 N–H and O–H groups in total. The van der Waals surface area contributed by atoms with Crippen LogP contribution in [0.15, 0.2) is 60.2 Å². The van der Waals surface area contributed by atoms with E-state index in [-0.39, 0.29) is 12.3 Å². The number of carboxylic acids is 1. The molecule has 2 heterocycles. The highest BCUT2D eigenvalue weighted by Crippen LogP contribution is 2.22. The Morgan fingerprint density at radius 2 is 2.00 bits per heavy atom. The Kier molecular flexibility index (Phi) is 4.72. The molecular weight excluding hydrogens is 326 g/mol. The lowest BCUT2D eigenvalue weighted by atomic mass is 10.1. The van der Waals surface area contributed by atoms with Gasteiger partial charge in [0.05, 0.1) is 18.2 Å². The average molecular weight is 341 g/mol. The van der Waals surface area contributed by atoms with Gasteiger partial charge in [-0.1, -0.05) is 6.07 Å². The molecule has 0 saturated carbocycles. The molecule has 0 radical (unpaired) electrons. The van der Waals surface area contributed by atoms with E-state index in [2.05, 4.69) is 10.4 Å². The van der Waals surface area contributed by atoms with Crippen LogP contribution in [0.3, 0.4) is 0 Å². The van der Waals surface area contributed by atoms with E-state index in [1.807, 2.05) is 29.8 Å². The Morgan fingerprint density at radius 1 is 1.21 bits per heavy atom. The molecule has 1 aromatic carbocycles. The van der Waals surface area contributed by atoms with Crippen molar-refractivity contribution in [2.24, 2.45) is 0 Å². The molecule has 0 aliphatic carbocycles. The van der Waals surface area contributed by atoms with Crippen LogP contribution < -0.4 is 5.32 Å². The summed E-state index contributed by atoms with van der Waals surface area (Å²) >= 11 is 1.42. The van der Waals surface area contributed by atoms with Crippen molar-refractivity contribution in [1.82, 2.24) is 15.1 Å². The number of benzene rings is 1. The first-order chi connectivity index (χ1) is 11.6. The lowest BCUT2D eigenvalue weighted by molar-refractivity contribution is -0.137. The van der Waals surface area contributed by atoms with Crippen LogP contribution in [0.4, 0.5) is 0 Å². The molecule has 0 aliphatic heterocycles. The van der Waals surface area contributed by atoms with E-state index in [0.29, 0.717) is 5.56 Å². The second kappa shape index (κ2) is 7.10. The van der Waals surface area contributed by atoms with Gasteiger partial charge in [0.2, 0.25) is 0 Å². The topological polar surface area (TPSA) is 84.2 Å². The lowest BCUT2D eigenvalue weighted by Gasteiger charge is -2.15. The normalized spacial score (nSPS) is 11.8. The predicted molar refractivity (Wildman–Crippen MR) is 90.3 cm³/mol. The fourth-order valence-corrected chi connectivity index (χ4v) is 3.09. The van der Waals surface area contributed by atoms with Crippen LogP contribution in [0.1, 0.15) is 27.7 Å². The molecule has 0 bridgehead atoms. The van der Waals surface area contributed by atoms with Crippen molar-refractivity contribution in [3.63, 3.8) is 0 Å². The Labute approximate surface area is 142 Å². The molecule has 6 nitrogen and oxygen atoms in total. The minimum Gasteiger partial charge on any atom is -0.481 e. The molecule has 0 fully saturated rings. The number of hydrogen-bond donors (Lipinski definition) is 2. The third-order valence-corrected chi connectivity index (χ3v) is 4.46. The van der Waals surface area contributed by atoms with E-state index < -0.39 is 12.0 Å². The van der Waals surface area contributed by atoms with Crippen molar-refractivity contribution in [1.29, 1.82) is 0 Å². The first-order valence-electron chi connectivity index (χ1n) is 7.29. The molecule has 24 heavy (non-hydrogen) atoms. The van der Waals surface area contributed by atoms with Gasteiger partial charge in [0.25, 0.3) is 5.91 Å². The highest BCUT2D eigenvalue weighted by molar-refractivity contribution is 7.10. The van der Waals surface area contributed by atoms with Crippen molar-refractivity contribution in [2.45, 2.75) is 12.5 Å². The highest BCUT2D eigenvalue weighted by atomic mass is 32.1. The lowest BCUT2D eigenvalue weighted by Crippen LogP contribution is -2.29. The maximum absolute atomic E-state index is 12.4. The fraction of sp³-hybridized carbons (Fsp3) is 0.118. The summed E-state index contributed by atoms with van der Waals surface area (Å²) in [7, 11) is 0. The monoisotopic (exact) mass is 341 g/mol. The molecule has 0 spiro atoms. The molecule has 1 amide bonds. The minimum absolute atomic E-state index is 0.155. The molecule has 122 valence electrons. The smallest absolute Gasteiger partial charge is 0.305 e. The van der Waals surface area contributed by atoms with E-state index in [9.17, 15) is 9.59 Å². The third-order valence-electron chi connectivity index (χ3n) is 3.47. The number of nitrogens with zero attached hydrogens (tertiary/aromatic N) is 2. The Balaban J connectivity index is 1.74. The first-order valence-corrected chi connectivity index (χ1v) is 8.17. The highest BCUT2D eigenvalue weighted by Gasteiger charge is 2.19. The summed E-state index contributed by atoms with van der Waals surface area (Å²) in [4.78, 5) is 24.3. The second-order valence-electron chi connectivity index (χ2n) is 5.14. The van der Waals surface area contributed by atoms with Crippen LogP contribution in [0, 0.1) is 0 Å². The molecule has 3 rings (SSSR count). The number of nitrogens with one attached hydrogen (secondary N) is 1. The number of carbonyl (C=O) groups is 2. The summed E-state index contributed by atoms with van der Waals surface area (Å²) in [6, 6.07) is 11.9. The Morgan fingerprint density at radius 3 is 2.58 bits per heavy atom. The first kappa shape index (κ1) is 15.9. The Bertz CT molecular complexity index is 811. The number of rotatable bonds is 6. The van der Waals surface area contributed by atoms with Crippen LogP contribution in [0.25, 0.3) is 5.69 Å². The van der Waals surface area contributed by atoms with Gasteiger partial charge in [-0.15, -0.1) is 11.3 Å². The maximum atomic E-state index is 12.4. The fourth-order valence-electron chi connectivity index (χ4n) is 2.32. The van der Waals surface area contributed by atoms with E-state index in [0.717, 1.165) is 10.6 Å². The van der Waals surface area contributed by atoms with Gasteiger partial charge in [-0.05, 0) is 41.8 Å². The van der Waals surface area contributed by atoms with E-state index in [1.165, 1.54) is 11.3 Å². The summed E-state index contributed by atoms with van der Waals surface area (Å²) < 4.78 is 1.70. The molecule has 1 atom stereocenters. The molecule has 0 saturated heterocycles. The second-order valence-corrected chi connectivity index (χ2v) is 6.12. The van der Waals surface area contributed by atoms with Crippen LogP contribution in [-0.2, 0) is 4.79 Å². The number of aliphatic carboxylic acids is 1. The van der Waals surface area contributed by atoms with Crippen molar-refractivity contribution in [2.75, 3.05) is 0 Å². The summed E-state index contributed by atoms with van der Waals surface area (Å²) in [5, 5.41) is 17.8. The van der Waals surface area contributed by atoms with Crippen molar-refractivity contribution < 1.29 is 14.7 Å². The third kappa shape index (κ3) is 3.69. The molecule has 0 unspecified atom stereocenters.